The molecular weight excluding hydrogens is 176 g/mol. The Bertz CT molecular complexity index is 280. The number of hydrogen-bond acceptors (Lipinski definition) is 2. The van der Waals surface area contributed by atoms with E-state index in [4.69, 9.17) is 4.74 Å². The fourth-order valence-corrected chi connectivity index (χ4v) is 1.36. The van der Waals surface area contributed by atoms with E-state index in [0.717, 1.165) is 12.0 Å². The van der Waals surface area contributed by atoms with Crippen LogP contribution in [0.3, 0.4) is 0 Å². The number of phenols is 1. The molecule has 1 rings (SSSR count). The lowest BCUT2D eigenvalue weighted by molar-refractivity contribution is 0.370. The number of phenolic OH excluding ortho intramolecular Hbond substituents is 1. The van der Waals surface area contributed by atoms with Crippen molar-refractivity contribution < 1.29 is 9.84 Å². The molecule has 2 heteroatoms. The third-order valence-electron chi connectivity index (χ3n) is 2.08. The Morgan fingerprint density at radius 1 is 1.29 bits per heavy atom. The monoisotopic (exact) mass is 196 g/mol. The van der Waals surface area contributed by atoms with Crippen LogP contribution in [0, 0.1) is 6.92 Å². The van der Waals surface area contributed by atoms with Crippen LogP contribution < -0.4 is 4.74 Å². The smallest absolute Gasteiger partial charge is 0.163 e. The van der Waals surface area contributed by atoms with Crippen molar-refractivity contribution in [1.82, 2.24) is 0 Å². The molecule has 1 N–H and O–H groups in total. The summed E-state index contributed by atoms with van der Waals surface area (Å²) in [6.45, 7) is 8.04. The lowest BCUT2D eigenvalue weighted by Crippen LogP contribution is -1.92. The van der Waals surface area contributed by atoms with Gasteiger partial charge in [-0.3, -0.25) is 0 Å². The fourth-order valence-electron chi connectivity index (χ4n) is 1.36. The Hall–Kier alpha value is -1.18. The number of aryl methyl sites for hydroxylation is 1. The summed E-state index contributed by atoms with van der Waals surface area (Å²) in [4.78, 5) is 0. The highest BCUT2D eigenvalue weighted by Crippen LogP contribution is 2.31. The van der Waals surface area contributed by atoms with E-state index < -0.39 is 0 Å². The average Bonchev–Trinajstić information content (AvgIpc) is 2.22. The van der Waals surface area contributed by atoms with Crippen LogP contribution in [0.4, 0.5) is 0 Å². The van der Waals surface area contributed by atoms with Gasteiger partial charge in [0.25, 0.3) is 0 Å². The molecule has 0 saturated carbocycles. The molecule has 0 aliphatic heterocycles. The first-order valence-electron chi connectivity index (χ1n) is 5.06. The second kappa shape index (κ2) is 6.30. The normalized spacial score (nSPS) is 8.93. The maximum absolute atomic E-state index is 9.39. The summed E-state index contributed by atoms with van der Waals surface area (Å²) in [6, 6.07) is 3.60. The van der Waals surface area contributed by atoms with Gasteiger partial charge in [0.05, 0.1) is 7.11 Å². The molecule has 0 spiro atoms. The van der Waals surface area contributed by atoms with Gasteiger partial charge in [-0.25, -0.2) is 0 Å². The van der Waals surface area contributed by atoms with Crippen LogP contribution in [-0.2, 0) is 6.42 Å². The third-order valence-corrected chi connectivity index (χ3v) is 2.08. The van der Waals surface area contributed by atoms with E-state index in [1.54, 1.807) is 13.2 Å². The number of ether oxygens (including phenoxy) is 1. The van der Waals surface area contributed by atoms with E-state index in [-0.39, 0.29) is 5.75 Å². The number of methoxy groups -OCH3 is 1. The predicted molar refractivity (Wildman–Crippen MR) is 60.1 cm³/mol. The van der Waals surface area contributed by atoms with E-state index in [2.05, 4.69) is 6.92 Å². The van der Waals surface area contributed by atoms with Gasteiger partial charge in [0, 0.05) is 0 Å². The summed E-state index contributed by atoms with van der Waals surface area (Å²) in [5.74, 6) is 0.807. The van der Waals surface area contributed by atoms with Crippen molar-refractivity contribution in [2.45, 2.75) is 34.1 Å². The molecule has 0 unspecified atom stereocenters. The second-order valence-electron chi connectivity index (χ2n) is 2.76. The zero-order valence-electron chi connectivity index (χ0n) is 9.72. The van der Waals surface area contributed by atoms with E-state index in [9.17, 15) is 5.11 Å². The molecule has 0 fully saturated rings. The first kappa shape index (κ1) is 12.8. The van der Waals surface area contributed by atoms with Gasteiger partial charge in [-0.05, 0) is 30.5 Å². The number of hydrogen-bond donors (Lipinski definition) is 1. The molecular formula is C12H20O2. The topological polar surface area (TPSA) is 29.5 Å². The van der Waals surface area contributed by atoms with Crippen molar-refractivity contribution >= 4 is 0 Å². The summed E-state index contributed by atoms with van der Waals surface area (Å²) >= 11 is 0. The minimum atomic E-state index is 0.215. The van der Waals surface area contributed by atoms with Crippen molar-refractivity contribution in [3.8, 4) is 11.5 Å². The Labute approximate surface area is 86.5 Å². The Morgan fingerprint density at radius 2 is 1.86 bits per heavy atom. The molecule has 0 aromatic heterocycles. The van der Waals surface area contributed by atoms with Crippen LogP contribution in [0.25, 0.3) is 0 Å². The quantitative estimate of drug-likeness (QED) is 0.786. The maximum atomic E-state index is 9.39. The highest BCUT2D eigenvalue weighted by molar-refractivity contribution is 5.49. The summed E-state index contributed by atoms with van der Waals surface area (Å²) < 4.78 is 5.07. The number of rotatable bonds is 2. The molecule has 80 valence electrons. The van der Waals surface area contributed by atoms with Crippen LogP contribution in [0.15, 0.2) is 12.1 Å². The molecule has 0 bridgehead atoms. The van der Waals surface area contributed by atoms with E-state index in [0.29, 0.717) is 5.75 Å². The molecule has 0 aliphatic rings. The Morgan fingerprint density at radius 3 is 2.29 bits per heavy atom. The van der Waals surface area contributed by atoms with Crippen molar-refractivity contribution in [3.63, 3.8) is 0 Å². The van der Waals surface area contributed by atoms with Crippen LogP contribution in [0.2, 0.25) is 0 Å². The molecule has 0 saturated heterocycles. The summed E-state index contributed by atoms with van der Waals surface area (Å²) in [5.41, 5.74) is 2.24. The predicted octanol–water partition coefficient (Wildman–Crippen LogP) is 3.30. The summed E-state index contributed by atoms with van der Waals surface area (Å²) in [5, 5.41) is 9.39. The Balaban J connectivity index is 0.000000791. The van der Waals surface area contributed by atoms with Crippen LogP contribution in [0.1, 0.15) is 31.9 Å². The minimum absolute atomic E-state index is 0.215. The molecule has 0 amide bonds. The summed E-state index contributed by atoms with van der Waals surface area (Å²) in [6.07, 6.45) is 0.961. The minimum Gasteiger partial charge on any atom is -0.504 e. The van der Waals surface area contributed by atoms with E-state index >= 15 is 0 Å². The van der Waals surface area contributed by atoms with Gasteiger partial charge < -0.3 is 9.84 Å². The van der Waals surface area contributed by atoms with Gasteiger partial charge in [-0.1, -0.05) is 26.8 Å². The first-order chi connectivity index (χ1) is 6.70. The van der Waals surface area contributed by atoms with Crippen molar-refractivity contribution in [2.75, 3.05) is 7.11 Å². The zero-order chi connectivity index (χ0) is 11.1. The van der Waals surface area contributed by atoms with E-state index in [1.165, 1.54) is 5.56 Å². The summed E-state index contributed by atoms with van der Waals surface area (Å²) in [7, 11) is 1.57. The van der Waals surface area contributed by atoms with Gasteiger partial charge in [0.15, 0.2) is 11.5 Å². The van der Waals surface area contributed by atoms with Crippen molar-refractivity contribution in [3.05, 3.63) is 23.3 Å². The first-order valence-corrected chi connectivity index (χ1v) is 5.06. The number of benzene rings is 1. The van der Waals surface area contributed by atoms with Crippen LogP contribution in [0.5, 0.6) is 11.5 Å². The van der Waals surface area contributed by atoms with Crippen LogP contribution in [-0.4, -0.2) is 12.2 Å². The molecule has 0 aliphatic carbocycles. The molecule has 1 aromatic carbocycles. The standard InChI is InChI=1S/C10H14O2.C2H6/c1-4-8-5-6-9(11)10(12-3)7(8)2;1-2/h5-6,11H,4H2,1-3H3;1-2H3. The fraction of sp³-hybridized carbons (Fsp3) is 0.500. The molecule has 1 aromatic rings. The van der Waals surface area contributed by atoms with Gasteiger partial charge in [0.2, 0.25) is 0 Å². The molecule has 2 nitrogen and oxygen atoms in total. The van der Waals surface area contributed by atoms with Gasteiger partial charge in [-0.2, -0.15) is 0 Å². The lowest BCUT2D eigenvalue weighted by Gasteiger charge is -2.10. The van der Waals surface area contributed by atoms with Gasteiger partial charge in [0.1, 0.15) is 0 Å². The molecule has 0 atom stereocenters. The zero-order valence-corrected chi connectivity index (χ0v) is 9.72. The molecule has 0 radical (unpaired) electrons. The second-order valence-corrected chi connectivity index (χ2v) is 2.76. The highest BCUT2D eigenvalue weighted by Gasteiger charge is 2.07. The molecule has 14 heavy (non-hydrogen) atoms. The highest BCUT2D eigenvalue weighted by atomic mass is 16.5. The van der Waals surface area contributed by atoms with Gasteiger partial charge in [-0.15, -0.1) is 0 Å². The third kappa shape index (κ3) is 2.66. The Kier molecular flexibility index (Phi) is 5.77. The SMILES string of the molecule is CC.CCc1ccc(O)c(OC)c1C. The average molecular weight is 196 g/mol. The maximum Gasteiger partial charge on any atom is 0.163 e. The van der Waals surface area contributed by atoms with Crippen molar-refractivity contribution in [1.29, 1.82) is 0 Å². The van der Waals surface area contributed by atoms with Crippen LogP contribution >= 0.6 is 0 Å². The number of aromatic hydroxyl groups is 1. The largest absolute Gasteiger partial charge is 0.504 e. The van der Waals surface area contributed by atoms with Gasteiger partial charge >= 0.3 is 0 Å². The van der Waals surface area contributed by atoms with Crippen molar-refractivity contribution in [2.24, 2.45) is 0 Å². The lowest BCUT2D eigenvalue weighted by atomic mass is 10.1. The van der Waals surface area contributed by atoms with E-state index in [1.807, 2.05) is 26.8 Å². The molecule has 0 heterocycles.